The van der Waals surface area contributed by atoms with Crippen molar-refractivity contribution in [2.75, 3.05) is 19.6 Å². The van der Waals surface area contributed by atoms with Crippen molar-refractivity contribution in [1.29, 1.82) is 0 Å². The lowest BCUT2D eigenvalue weighted by Crippen LogP contribution is -2.58. The van der Waals surface area contributed by atoms with E-state index < -0.39 is 17.0 Å². The number of hydrogen-bond donors (Lipinski definition) is 0. The molecule has 0 bridgehead atoms. The van der Waals surface area contributed by atoms with Crippen LogP contribution in [0.4, 0.5) is 17.6 Å². The first-order valence-corrected chi connectivity index (χ1v) is 4.40. The summed E-state index contributed by atoms with van der Waals surface area (Å²) in [6, 6.07) is 0. The van der Waals surface area contributed by atoms with Gasteiger partial charge in [0.1, 0.15) is 0 Å². The molecule has 0 aliphatic heterocycles. The van der Waals surface area contributed by atoms with Gasteiger partial charge in [-0.25, -0.2) is 0 Å². The zero-order valence-electron chi connectivity index (χ0n) is 8.16. The van der Waals surface area contributed by atoms with Crippen molar-refractivity contribution in [2.45, 2.75) is 33.2 Å². The van der Waals surface area contributed by atoms with Crippen LogP contribution in [0.25, 0.3) is 0 Å². The number of halogens is 4. The minimum atomic E-state index is -4.75. The first kappa shape index (κ1) is 12.7. The maximum absolute atomic E-state index is 13.1. The van der Waals surface area contributed by atoms with E-state index in [0.29, 0.717) is 0 Å². The Morgan fingerprint density at radius 3 is 1.38 bits per heavy atom. The fourth-order valence-corrected chi connectivity index (χ4v) is 1.46. The molecule has 0 aliphatic carbocycles. The van der Waals surface area contributed by atoms with E-state index in [-0.39, 0.29) is 19.6 Å². The molecular formula is C8H16F4N+. The van der Waals surface area contributed by atoms with Crippen molar-refractivity contribution in [3.63, 3.8) is 0 Å². The van der Waals surface area contributed by atoms with E-state index in [2.05, 4.69) is 0 Å². The zero-order valence-corrected chi connectivity index (χ0v) is 8.16. The molecule has 1 atom stereocenters. The van der Waals surface area contributed by atoms with Gasteiger partial charge in [-0.2, -0.15) is 17.6 Å². The molecular weight excluding hydrogens is 186 g/mol. The lowest BCUT2D eigenvalue weighted by Gasteiger charge is -2.38. The molecule has 0 rings (SSSR count). The van der Waals surface area contributed by atoms with Gasteiger partial charge in [-0.15, -0.1) is 0 Å². The average Bonchev–Trinajstić information content (AvgIpc) is 2.07. The lowest BCUT2D eigenvalue weighted by molar-refractivity contribution is -0.971. The number of hydrogen-bond acceptors (Lipinski definition) is 0. The number of alkyl halides is 4. The Kier molecular flexibility index (Phi) is 4.16. The Balaban J connectivity index is 4.73. The molecule has 0 saturated heterocycles. The number of nitrogens with zero attached hydrogens (tertiary/aromatic N) is 1. The first-order valence-electron chi connectivity index (χ1n) is 4.40. The summed E-state index contributed by atoms with van der Waals surface area (Å²) in [5, 5.41) is 0. The highest BCUT2D eigenvalue weighted by molar-refractivity contribution is 4.56. The topological polar surface area (TPSA) is 0 Å². The Hall–Kier alpha value is -0.320. The van der Waals surface area contributed by atoms with Crippen molar-refractivity contribution in [1.82, 2.24) is 0 Å². The summed E-state index contributed by atoms with van der Waals surface area (Å²) < 4.78 is 48.9. The summed E-state index contributed by atoms with van der Waals surface area (Å²) >= 11 is 0. The molecule has 0 heterocycles. The second-order valence-electron chi connectivity index (χ2n) is 3.04. The molecule has 0 aliphatic rings. The molecule has 0 fully saturated rings. The minimum absolute atomic E-state index is 0.160. The van der Waals surface area contributed by atoms with Gasteiger partial charge >= 0.3 is 12.5 Å². The van der Waals surface area contributed by atoms with E-state index in [0.717, 1.165) is 0 Å². The highest BCUT2D eigenvalue weighted by Gasteiger charge is 2.53. The molecule has 0 aromatic carbocycles. The molecule has 0 saturated carbocycles. The SMILES string of the molecule is CC[N+](CC)(CC)C(F)C(F)(F)F. The maximum atomic E-state index is 13.1. The lowest BCUT2D eigenvalue weighted by atomic mass is 10.3. The quantitative estimate of drug-likeness (QED) is 0.373. The van der Waals surface area contributed by atoms with E-state index in [4.69, 9.17) is 0 Å². The van der Waals surface area contributed by atoms with Crippen LogP contribution < -0.4 is 0 Å². The summed E-state index contributed by atoms with van der Waals surface area (Å²) in [5.74, 6) is 0. The van der Waals surface area contributed by atoms with E-state index in [1.165, 1.54) is 0 Å². The highest BCUT2D eigenvalue weighted by atomic mass is 19.4. The number of rotatable bonds is 4. The standard InChI is InChI=1S/C8H16F4N/c1-4-13(5-2,6-3)7(9)8(10,11)12/h7H,4-6H2,1-3H3/q+1. The summed E-state index contributed by atoms with van der Waals surface area (Å²) in [4.78, 5) is 0. The van der Waals surface area contributed by atoms with Crippen LogP contribution in [0.15, 0.2) is 0 Å². The van der Waals surface area contributed by atoms with E-state index in [1.54, 1.807) is 20.8 Å². The number of quaternary nitrogens is 1. The van der Waals surface area contributed by atoms with Crippen molar-refractivity contribution in [3.8, 4) is 0 Å². The predicted molar refractivity (Wildman–Crippen MR) is 42.8 cm³/mol. The van der Waals surface area contributed by atoms with Gasteiger partial charge in [0, 0.05) is 0 Å². The van der Waals surface area contributed by atoms with Gasteiger partial charge in [0.25, 0.3) is 0 Å². The molecule has 80 valence electrons. The Morgan fingerprint density at radius 2 is 1.31 bits per heavy atom. The monoisotopic (exact) mass is 202 g/mol. The molecule has 0 aromatic rings. The Labute approximate surface area is 75.9 Å². The molecule has 0 spiro atoms. The van der Waals surface area contributed by atoms with Gasteiger partial charge in [-0.3, -0.25) is 4.48 Å². The predicted octanol–water partition coefficient (Wildman–Crippen LogP) is 2.72. The fraction of sp³-hybridized carbons (Fsp3) is 1.00. The summed E-state index contributed by atoms with van der Waals surface area (Å²) in [6.07, 6.45) is -7.50. The van der Waals surface area contributed by atoms with Crippen LogP contribution in [-0.4, -0.2) is 36.6 Å². The average molecular weight is 202 g/mol. The van der Waals surface area contributed by atoms with Crippen LogP contribution >= 0.6 is 0 Å². The Morgan fingerprint density at radius 1 is 1.00 bits per heavy atom. The van der Waals surface area contributed by atoms with Crippen LogP contribution in [-0.2, 0) is 0 Å². The van der Waals surface area contributed by atoms with Crippen LogP contribution in [0.2, 0.25) is 0 Å². The van der Waals surface area contributed by atoms with Crippen molar-refractivity contribution < 1.29 is 22.0 Å². The fourth-order valence-electron chi connectivity index (χ4n) is 1.46. The van der Waals surface area contributed by atoms with Crippen molar-refractivity contribution in [2.24, 2.45) is 0 Å². The molecule has 0 N–H and O–H groups in total. The summed E-state index contributed by atoms with van der Waals surface area (Å²) in [7, 11) is 0. The molecule has 1 nitrogen and oxygen atoms in total. The van der Waals surface area contributed by atoms with Gasteiger partial charge in [0.2, 0.25) is 0 Å². The molecule has 13 heavy (non-hydrogen) atoms. The first-order chi connectivity index (χ1) is 5.84. The molecule has 0 radical (unpaired) electrons. The summed E-state index contributed by atoms with van der Waals surface area (Å²) in [5.41, 5.74) is 0. The minimum Gasteiger partial charge on any atom is -0.287 e. The largest absolute Gasteiger partial charge is 0.474 e. The van der Waals surface area contributed by atoms with Crippen molar-refractivity contribution >= 4 is 0 Å². The second-order valence-corrected chi connectivity index (χ2v) is 3.04. The van der Waals surface area contributed by atoms with Crippen LogP contribution in [0.1, 0.15) is 20.8 Å². The molecule has 5 heteroatoms. The van der Waals surface area contributed by atoms with Gasteiger partial charge in [0.05, 0.1) is 19.6 Å². The van der Waals surface area contributed by atoms with E-state index in [1.807, 2.05) is 0 Å². The van der Waals surface area contributed by atoms with E-state index in [9.17, 15) is 17.6 Å². The molecule has 0 aromatic heterocycles. The summed E-state index contributed by atoms with van der Waals surface area (Å²) in [6.45, 7) is 5.21. The van der Waals surface area contributed by atoms with Crippen LogP contribution in [0, 0.1) is 0 Å². The maximum Gasteiger partial charge on any atom is 0.474 e. The van der Waals surface area contributed by atoms with Gasteiger partial charge in [-0.05, 0) is 20.8 Å². The van der Waals surface area contributed by atoms with Crippen LogP contribution in [0.5, 0.6) is 0 Å². The normalized spacial score (nSPS) is 15.9. The third-order valence-corrected chi connectivity index (χ3v) is 2.64. The van der Waals surface area contributed by atoms with E-state index >= 15 is 0 Å². The molecule has 0 amide bonds. The highest BCUT2D eigenvalue weighted by Crippen LogP contribution is 2.30. The second kappa shape index (κ2) is 4.26. The zero-order chi connectivity index (χ0) is 10.7. The smallest absolute Gasteiger partial charge is 0.287 e. The molecule has 1 unspecified atom stereocenters. The third-order valence-electron chi connectivity index (χ3n) is 2.64. The Bertz CT molecular complexity index is 142. The van der Waals surface area contributed by atoms with Gasteiger partial charge < -0.3 is 0 Å². The van der Waals surface area contributed by atoms with Crippen LogP contribution in [0.3, 0.4) is 0 Å². The van der Waals surface area contributed by atoms with Gasteiger partial charge in [0.15, 0.2) is 0 Å². The van der Waals surface area contributed by atoms with Gasteiger partial charge in [-0.1, -0.05) is 0 Å². The third kappa shape index (κ3) is 2.56. The van der Waals surface area contributed by atoms with Crippen molar-refractivity contribution in [3.05, 3.63) is 0 Å².